The van der Waals surface area contributed by atoms with Crippen LogP contribution in [-0.2, 0) is 25.6 Å². The predicted molar refractivity (Wildman–Crippen MR) is 93.4 cm³/mol. The second kappa shape index (κ2) is 10.3. The van der Waals surface area contributed by atoms with Gasteiger partial charge in [-0.1, -0.05) is 19.1 Å². The van der Waals surface area contributed by atoms with Gasteiger partial charge in [0.1, 0.15) is 23.7 Å². The summed E-state index contributed by atoms with van der Waals surface area (Å²) in [6.45, 7) is 2.96. The molecule has 0 aliphatic heterocycles. The van der Waals surface area contributed by atoms with Gasteiger partial charge in [-0.05, 0) is 24.1 Å². The third-order valence-electron chi connectivity index (χ3n) is 3.81. The van der Waals surface area contributed by atoms with Crippen molar-refractivity contribution in [1.82, 2.24) is 10.6 Å². The third kappa shape index (κ3) is 7.42. The summed E-state index contributed by atoms with van der Waals surface area (Å²) >= 11 is 0. The summed E-state index contributed by atoms with van der Waals surface area (Å²) in [6.07, 6.45) is 0.661. The molecule has 1 aromatic rings. The second-order valence-electron chi connectivity index (χ2n) is 5.98. The lowest BCUT2D eigenvalue weighted by Crippen LogP contribution is -2.53. The van der Waals surface area contributed by atoms with E-state index in [1.54, 1.807) is 6.92 Å². The first-order valence-electron chi connectivity index (χ1n) is 8.35. The Balaban J connectivity index is 2.81. The highest BCUT2D eigenvalue weighted by molar-refractivity contribution is 5.91. The van der Waals surface area contributed by atoms with Gasteiger partial charge in [0, 0.05) is 26.2 Å². The first-order valence-corrected chi connectivity index (χ1v) is 8.35. The number of nitrogens with one attached hydrogen (secondary N) is 2. The lowest BCUT2D eigenvalue weighted by atomic mass is 10.0. The summed E-state index contributed by atoms with van der Waals surface area (Å²) < 4.78 is 13.0. The standard InChI is InChI=1S/C18H24FN3O4/c1-3-14(24)8-9-15(17(20)25)22-18(26)16(21-11(2)23)10-12-4-6-13(19)7-5-12/h4-7,15-16H,3,8-10H2,1-2H3,(H2,20,25)(H,21,23)(H,22,26)/t15-,16+/m1/s1. The zero-order valence-electron chi connectivity index (χ0n) is 14.9. The van der Waals surface area contributed by atoms with Crippen LogP contribution in [0.3, 0.4) is 0 Å². The number of ketones is 1. The van der Waals surface area contributed by atoms with E-state index in [-0.39, 0.29) is 25.0 Å². The molecule has 0 aliphatic rings. The Kier molecular flexibility index (Phi) is 8.41. The third-order valence-corrected chi connectivity index (χ3v) is 3.81. The van der Waals surface area contributed by atoms with Crippen molar-refractivity contribution in [3.05, 3.63) is 35.6 Å². The fraction of sp³-hybridized carbons (Fsp3) is 0.444. The first-order chi connectivity index (χ1) is 12.2. The van der Waals surface area contributed by atoms with Gasteiger partial charge >= 0.3 is 0 Å². The van der Waals surface area contributed by atoms with Crippen LogP contribution in [0.15, 0.2) is 24.3 Å². The molecular weight excluding hydrogens is 341 g/mol. The molecular formula is C18H24FN3O4. The van der Waals surface area contributed by atoms with Crippen molar-refractivity contribution in [3.8, 4) is 0 Å². The predicted octanol–water partition coefficient (Wildman–Crippen LogP) is 0.602. The Morgan fingerprint density at radius 2 is 1.69 bits per heavy atom. The quantitative estimate of drug-likeness (QED) is 0.563. The molecule has 0 saturated carbocycles. The molecule has 8 heteroatoms. The van der Waals surface area contributed by atoms with Crippen LogP contribution in [0.25, 0.3) is 0 Å². The van der Waals surface area contributed by atoms with Crippen LogP contribution in [0, 0.1) is 5.82 Å². The highest BCUT2D eigenvalue weighted by atomic mass is 19.1. The number of amides is 3. The van der Waals surface area contributed by atoms with Crippen molar-refractivity contribution in [2.45, 2.75) is 51.6 Å². The minimum absolute atomic E-state index is 0.0461. The van der Waals surface area contributed by atoms with E-state index in [1.807, 2.05) is 0 Å². The van der Waals surface area contributed by atoms with E-state index in [0.29, 0.717) is 12.0 Å². The largest absolute Gasteiger partial charge is 0.368 e. The van der Waals surface area contributed by atoms with E-state index in [4.69, 9.17) is 5.73 Å². The maximum atomic E-state index is 13.0. The molecule has 142 valence electrons. The van der Waals surface area contributed by atoms with E-state index in [2.05, 4.69) is 10.6 Å². The molecule has 2 atom stereocenters. The summed E-state index contributed by atoms with van der Waals surface area (Å²) in [5.74, 6) is -2.24. The highest BCUT2D eigenvalue weighted by Gasteiger charge is 2.25. The number of rotatable bonds is 10. The van der Waals surface area contributed by atoms with Crippen molar-refractivity contribution in [2.75, 3.05) is 0 Å². The molecule has 0 bridgehead atoms. The Bertz CT molecular complexity index is 661. The number of hydrogen-bond acceptors (Lipinski definition) is 4. The molecule has 4 N–H and O–H groups in total. The molecule has 0 spiro atoms. The summed E-state index contributed by atoms with van der Waals surface area (Å²) in [5.41, 5.74) is 5.93. The average molecular weight is 365 g/mol. The fourth-order valence-corrected chi connectivity index (χ4v) is 2.35. The number of carbonyl (C=O) groups excluding carboxylic acids is 4. The smallest absolute Gasteiger partial charge is 0.243 e. The number of halogens is 1. The first kappa shape index (κ1) is 21.3. The number of nitrogens with two attached hydrogens (primary N) is 1. The molecule has 26 heavy (non-hydrogen) atoms. The Morgan fingerprint density at radius 3 is 2.19 bits per heavy atom. The van der Waals surface area contributed by atoms with E-state index in [9.17, 15) is 23.6 Å². The number of primary amides is 1. The van der Waals surface area contributed by atoms with Crippen LogP contribution in [0.5, 0.6) is 0 Å². The minimum Gasteiger partial charge on any atom is -0.368 e. The molecule has 0 unspecified atom stereocenters. The lowest BCUT2D eigenvalue weighted by molar-refractivity contribution is -0.131. The van der Waals surface area contributed by atoms with Crippen LogP contribution in [0.4, 0.5) is 4.39 Å². The van der Waals surface area contributed by atoms with E-state index >= 15 is 0 Å². The van der Waals surface area contributed by atoms with E-state index in [1.165, 1.54) is 31.2 Å². The molecule has 0 fully saturated rings. The minimum atomic E-state index is -1.01. The van der Waals surface area contributed by atoms with Gasteiger partial charge < -0.3 is 16.4 Å². The molecule has 0 heterocycles. The molecule has 0 saturated heterocycles. The van der Waals surface area contributed by atoms with Crippen molar-refractivity contribution in [1.29, 1.82) is 0 Å². The van der Waals surface area contributed by atoms with Crippen molar-refractivity contribution >= 4 is 23.5 Å². The summed E-state index contributed by atoms with van der Waals surface area (Å²) in [6, 6.07) is 3.54. The normalized spacial score (nSPS) is 12.7. The van der Waals surface area contributed by atoms with Crippen molar-refractivity contribution < 1.29 is 23.6 Å². The number of carbonyl (C=O) groups is 4. The van der Waals surface area contributed by atoms with Gasteiger partial charge in [-0.2, -0.15) is 0 Å². The zero-order valence-corrected chi connectivity index (χ0v) is 14.9. The SMILES string of the molecule is CCC(=O)CC[C@@H](NC(=O)[C@H](Cc1ccc(F)cc1)NC(C)=O)C(N)=O. The number of hydrogen-bond donors (Lipinski definition) is 3. The summed E-state index contributed by atoms with van der Waals surface area (Å²) in [5, 5.41) is 4.98. The molecule has 1 rings (SSSR count). The van der Waals surface area contributed by atoms with Crippen LogP contribution in [-0.4, -0.2) is 35.6 Å². The summed E-state index contributed by atoms with van der Waals surface area (Å²) in [7, 11) is 0. The van der Waals surface area contributed by atoms with Crippen molar-refractivity contribution in [3.63, 3.8) is 0 Å². The number of Topliss-reactive ketones (excluding diaryl/α,β-unsaturated/α-hetero) is 1. The monoisotopic (exact) mass is 365 g/mol. The van der Waals surface area contributed by atoms with Crippen LogP contribution >= 0.6 is 0 Å². The molecule has 0 aliphatic carbocycles. The van der Waals surface area contributed by atoms with Gasteiger partial charge in [-0.15, -0.1) is 0 Å². The van der Waals surface area contributed by atoms with Gasteiger partial charge in [0.05, 0.1) is 0 Å². The maximum absolute atomic E-state index is 13.0. The molecule has 3 amide bonds. The molecule has 0 radical (unpaired) electrons. The number of benzene rings is 1. The lowest BCUT2D eigenvalue weighted by Gasteiger charge is -2.21. The Hall–Kier alpha value is -2.77. The molecule has 0 aromatic heterocycles. The van der Waals surface area contributed by atoms with Gasteiger partial charge in [0.15, 0.2) is 0 Å². The van der Waals surface area contributed by atoms with E-state index < -0.39 is 35.6 Å². The zero-order chi connectivity index (χ0) is 19.7. The van der Waals surface area contributed by atoms with Gasteiger partial charge in [0.2, 0.25) is 17.7 Å². The topological polar surface area (TPSA) is 118 Å². The van der Waals surface area contributed by atoms with E-state index in [0.717, 1.165) is 0 Å². The van der Waals surface area contributed by atoms with Gasteiger partial charge in [0.25, 0.3) is 0 Å². The van der Waals surface area contributed by atoms with Crippen LogP contribution in [0.2, 0.25) is 0 Å². The van der Waals surface area contributed by atoms with Gasteiger partial charge in [-0.25, -0.2) is 4.39 Å². The average Bonchev–Trinajstić information content (AvgIpc) is 2.58. The van der Waals surface area contributed by atoms with Crippen LogP contribution in [0.1, 0.15) is 38.7 Å². The van der Waals surface area contributed by atoms with Gasteiger partial charge in [-0.3, -0.25) is 19.2 Å². The molecule has 1 aromatic carbocycles. The molecule has 7 nitrogen and oxygen atoms in total. The Morgan fingerprint density at radius 1 is 1.08 bits per heavy atom. The summed E-state index contributed by atoms with van der Waals surface area (Å²) in [4.78, 5) is 46.8. The van der Waals surface area contributed by atoms with Crippen LogP contribution < -0.4 is 16.4 Å². The maximum Gasteiger partial charge on any atom is 0.243 e. The second-order valence-corrected chi connectivity index (χ2v) is 5.98. The Labute approximate surface area is 151 Å². The van der Waals surface area contributed by atoms with Crippen molar-refractivity contribution in [2.24, 2.45) is 5.73 Å². The highest BCUT2D eigenvalue weighted by Crippen LogP contribution is 2.07. The fourth-order valence-electron chi connectivity index (χ4n) is 2.35.